The first-order chi connectivity index (χ1) is 11.6. The standard InChI is InChI=1S/C16H24ClN3O4S/c1-12(16(21)19-9-7-18(2)8-10-19)20(25(4,22)23)13-5-6-15(24-3)14(17)11-13/h5-6,11-12H,7-10H2,1-4H3/t12-/m0/s1. The van der Waals surface area contributed by atoms with E-state index in [0.717, 1.165) is 23.7 Å². The number of sulfonamides is 1. The van der Waals surface area contributed by atoms with Gasteiger partial charge in [0.15, 0.2) is 0 Å². The molecule has 1 aromatic carbocycles. The van der Waals surface area contributed by atoms with Gasteiger partial charge in [0.05, 0.1) is 24.1 Å². The van der Waals surface area contributed by atoms with Gasteiger partial charge in [-0.1, -0.05) is 11.6 Å². The summed E-state index contributed by atoms with van der Waals surface area (Å²) in [5, 5.41) is 0.285. The topological polar surface area (TPSA) is 70.2 Å². The van der Waals surface area contributed by atoms with Crippen LogP contribution in [0.5, 0.6) is 5.75 Å². The van der Waals surface area contributed by atoms with Crippen molar-refractivity contribution >= 4 is 33.2 Å². The van der Waals surface area contributed by atoms with Crippen LogP contribution in [0.25, 0.3) is 0 Å². The molecule has 0 spiro atoms. The first kappa shape index (κ1) is 19.8. The molecule has 1 saturated heterocycles. The third-order valence-electron chi connectivity index (χ3n) is 4.27. The Hall–Kier alpha value is -1.51. The van der Waals surface area contributed by atoms with Crippen LogP contribution in [0.15, 0.2) is 18.2 Å². The van der Waals surface area contributed by atoms with Gasteiger partial charge in [-0.15, -0.1) is 0 Å². The number of rotatable bonds is 5. The van der Waals surface area contributed by atoms with Crippen molar-refractivity contribution in [3.63, 3.8) is 0 Å². The third kappa shape index (κ3) is 4.56. The maximum atomic E-state index is 12.8. The lowest BCUT2D eigenvalue weighted by Gasteiger charge is -2.37. The highest BCUT2D eigenvalue weighted by molar-refractivity contribution is 7.92. The summed E-state index contributed by atoms with van der Waals surface area (Å²) in [6.07, 6.45) is 1.08. The van der Waals surface area contributed by atoms with Gasteiger partial charge in [-0.05, 0) is 32.2 Å². The van der Waals surface area contributed by atoms with E-state index in [9.17, 15) is 13.2 Å². The molecule has 1 aliphatic rings. The molecule has 1 heterocycles. The maximum absolute atomic E-state index is 12.8. The average molecular weight is 390 g/mol. The van der Waals surface area contributed by atoms with Crippen LogP contribution in [0.1, 0.15) is 6.92 Å². The number of carbonyl (C=O) groups excluding carboxylic acids is 1. The summed E-state index contributed by atoms with van der Waals surface area (Å²) in [6, 6.07) is 3.81. The SMILES string of the molecule is COc1ccc(N([C@@H](C)C(=O)N2CCN(C)CC2)S(C)(=O)=O)cc1Cl. The first-order valence-corrected chi connectivity index (χ1v) is 10.2. The summed E-state index contributed by atoms with van der Waals surface area (Å²) in [6.45, 7) is 4.30. The highest BCUT2D eigenvalue weighted by atomic mass is 35.5. The minimum absolute atomic E-state index is 0.217. The smallest absolute Gasteiger partial charge is 0.246 e. The second kappa shape index (κ2) is 7.80. The Morgan fingerprint density at radius 2 is 1.88 bits per heavy atom. The number of hydrogen-bond acceptors (Lipinski definition) is 5. The van der Waals surface area contributed by atoms with Crippen LogP contribution >= 0.6 is 11.6 Å². The van der Waals surface area contributed by atoms with E-state index in [0.29, 0.717) is 24.5 Å². The second-order valence-corrected chi connectivity index (χ2v) is 8.45. The molecule has 25 heavy (non-hydrogen) atoms. The second-order valence-electron chi connectivity index (χ2n) is 6.18. The molecule has 0 radical (unpaired) electrons. The number of likely N-dealkylation sites (N-methyl/N-ethyl adjacent to an activating group) is 1. The monoisotopic (exact) mass is 389 g/mol. The molecule has 9 heteroatoms. The average Bonchev–Trinajstić information content (AvgIpc) is 2.54. The van der Waals surface area contributed by atoms with E-state index in [4.69, 9.17) is 16.3 Å². The normalized spacial score (nSPS) is 17.2. The lowest BCUT2D eigenvalue weighted by Crippen LogP contribution is -2.54. The molecule has 1 fully saturated rings. The fourth-order valence-corrected chi connectivity index (χ4v) is 4.30. The number of halogens is 1. The van der Waals surface area contributed by atoms with Gasteiger partial charge in [0.2, 0.25) is 15.9 Å². The van der Waals surface area contributed by atoms with Crippen molar-refractivity contribution in [2.75, 3.05) is 50.9 Å². The van der Waals surface area contributed by atoms with Crippen molar-refractivity contribution in [2.24, 2.45) is 0 Å². The van der Waals surface area contributed by atoms with Gasteiger partial charge in [0.1, 0.15) is 11.8 Å². The summed E-state index contributed by atoms with van der Waals surface area (Å²) in [5.41, 5.74) is 0.336. The molecule has 0 saturated carbocycles. The molecule has 1 amide bonds. The fourth-order valence-electron chi connectivity index (χ4n) is 2.89. The Morgan fingerprint density at radius 1 is 1.28 bits per heavy atom. The summed E-state index contributed by atoms with van der Waals surface area (Å²) in [5.74, 6) is 0.224. The van der Waals surface area contributed by atoms with Crippen LogP contribution < -0.4 is 9.04 Å². The molecule has 7 nitrogen and oxygen atoms in total. The number of nitrogens with zero attached hydrogens (tertiary/aromatic N) is 3. The van der Waals surface area contributed by atoms with E-state index in [1.54, 1.807) is 24.0 Å². The first-order valence-electron chi connectivity index (χ1n) is 7.95. The van der Waals surface area contributed by atoms with E-state index in [1.807, 2.05) is 7.05 Å². The highest BCUT2D eigenvalue weighted by Gasteiger charge is 2.33. The van der Waals surface area contributed by atoms with Gasteiger partial charge in [0.25, 0.3) is 0 Å². The van der Waals surface area contributed by atoms with Crippen LogP contribution in [0.4, 0.5) is 5.69 Å². The third-order valence-corrected chi connectivity index (χ3v) is 5.81. The van der Waals surface area contributed by atoms with Gasteiger partial charge in [0, 0.05) is 26.2 Å². The minimum atomic E-state index is -3.67. The van der Waals surface area contributed by atoms with E-state index >= 15 is 0 Å². The maximum Gasteiger partial charge on any atom is 0.246 e. The Balaban J connectivity index is 2.31. The summed E-state index contributed by atoms with van der Waals surface area (Å²) in [7, 11) is -0.198. The molecule has 0 aliphatic carbocycles. The largest absolute Gasteiger partial charge is 0.495 e. The van der Waals surface area contributed by atoms with Crippen molar-refractivity contribution in [1.82, 2.24) is 9.80 Å². The predicted octanol–water partition coefficient (Wildman–Crippen LogP) is 1.28. The van der Waals surface area contributed by atoms with Crippen molar-refractivity contribution in [3.05, 3.63) is 23.2 Å². The van der Waals surface area contributed by atoms with Crippen LogP contribution in [-0.4, -0.2) is 76.8 Å². The Morgan fingerprint density at radius 3 is 2.36 bits per heavy atom. The van der Waals surface area contributed by atoms with Crippen LogP contribution in [0.3, 0.4) is 0 Å². The molecule has 1 aliphatic heterocycles. The minimum Gasteiger partial charge on any atom is -0.495 e. The number of hydrogen-bond donors (Lipinski definition) is 0. The molecule has 0 unspecified atom stereocenters. The Labute approximate surface area is 154 Å². The van der Waals surface area contributed by atoms with E-state index in [1.165, 1.54) is 13.2 Å². The molecule has 0 aromatic heterocycles. The molecular formula is C16H24ClN3O4S. The molecule has 1 atom stereocenters. The fraction of sp³-hybridized carbons (Fsp3) is 0.562. The van der Waals surface area contributed by atoms with Crippen LogP contribution in [-0.2, 0) is 14.8 Å². The zero-order chi connectivity index (χ0) is 18.8. The predicted molar refractivity (Wildman–Crippen MR) is 98.9 cm³/mol. The van der Waals surface area contributed by atoms with Crippen molar-refractivity contribution in [1.29, 1.82) is 0 Å². The molecular weight excluding hydrogens is 366 g/mol. The van der Waals surface area contributed by atoms with Gasteiger partial charge in [-0.3, -0.25) is 9.10 Å². The summed E-state index contributed by atoms with van der Waals surface area (Å²) in [4.78, 5) is 16.7. The van der Waals surface area contributed by atoms with E-state index < -0.39 is 16.1 Å². The Kier molecular flexibility index (Phi) is 6.18. The quantitative estimate of drug-likeness (QED) is 0.758. The van der Waals surface area contributed by atoms with Crippen LogP contribution in [0.2, 0.25) is 5.02 Å². The number of benzene rings is 1. The molecule has 2 rings (SSSR count). The van der Waals surface area contributed by atoms with E-state index in [-0.39, 0.29) is 10.9 Å². The lowest BCUT2D eigenvalue weighted by atomic mass is 10.2. The molecule has 0 bridgehead atoms. The Bertz CT molecular complexity index is 733. The number of anilines is 1. The van der Waals surface area contributed by atoms with Gasteiger partial charge in [-0.2, -0.15) is 0 Å². The van der Waals surface area contributed by atoms with Crippen molar-refractivity contribution in [2.45, 2.75) is 13.0 Å². The summed E-state index contributed by atoms with van der Waals surface area (Å²) >= 11 is 6.13. The zero-order valence-electron chi connectivity index (χ0n) is 14.9. The van der Waals surface area contributed by atoms with Gasteiger partial charge >= 0.3 is 0 Å². The number of ether oxygens (including phenoxy) is 1. The highest BCUT2D eigenvalue weighted by Crippen LogP contribution is 2.31. The molecule has 0 N–H and O–H groups in total. The zero-order valence-corrected chi connectivity index (χ0v) is 16.5. The van der Waals surface area contributed by atoms with Gasteiger partial charge in [-0.25, -0.2) is 8.42 Å². The van der Waals surface area contributed by atoms with Crippen molar-refractivity contribution < 1.29 is 17.9 Å². The molecule has 140 valence electrons. The number of carbonyl (C=O) groups is 1. The van der Waals surface area contributed by atoms with Crippen molar-refractivity contribution in [3.8, 4) is 5.75 Å². The van der Waals surface area contributed by atoms with Gasteiger partial charge < -0.3 is 14.5 Å². The van der Waals surface area contributed by atoms with Crippen LogP contribution in [0, 0.1) is 0 Å². The number of methoxy groups -OCH3 is 1. The number of amides is 1. The molecule has 1 aromatic rings. The summed E-state index contributed by atoms with van der Waals surface area (Å²) < 4.78 is 30.9. The number of piperazine rings is 1. The van der Waals surface area contributed by atoms with E-state index in [2.05, 4.69) is 4.90 Å². The lowest BCUT2D eigenvalue weighted by molar-refractivity contribution is -0.133.